The molecule has 1 aromatic rings. The van der Waals surface area contributed by atoms with Crippen molar-refractivity contribution in [2.75, 3.05) is 6.54 Å². The van der Waals surface area contributed by atoms with Gasteiger partial charge >= 0.3 is 12.0 Å². The molecule has 2 atom stereocenters. The third-order valence-electron chi connectivity index (χ3n) is 5.79. The molecule has 0 bridgehead atoms. The number of rotatable bonds is 6. The second kappa shape index (κ2) is 9.28. The highest BCUT2D eigenvalue weighted by Crippen LogP contribution is 2.28. The van der Waals surface area contributed by atoms with Gasteiger partial charge in [-0.1, -0.05) is 56.0 Å². The van der Waals surface area contributed by atoms with Crippen LogP contribution in [-0.2, 0) is 24.7 Å². The summed E-state index contributed by atoms with van der Waals surface area (Å²) < 4.78 is 5.19. The topological polar surface area (TPSA) is 105 Å². The van der Waals surface area contributed by atoms with Crippen molar-refractivity contribution < 1.29 is 23.9 Å². The molecule has 1 aliphatic heterocycles. The Morgan fingerprint density at radius 1 is 1.17 bits per heavy atom. The van der Waals surface area contributed by atoms with Crippen LogP contribution in [0.5, 0.6) is 0 Å². The molecule has 4 amide bonds. The van der Waals surface area contributed by atoms with Crippen LogP contribution >= 0.6 is 0 Å². The monoisotopic (exact) mass is 415 g/mol. The molecule has 0 unspecified atom stereocenters. The number of carbonyl (C=O) groups excluding carboxylic acids is 4. The maximum atomic E-state index is 12.8. The largest absolute Gasteiger partial charge is 0.451 e. The molecule has 1 aromatic carbocycles. The minimum absolute atomic E-state index is 0.0960. The highest BCUT2D eigenvalue weighted by atomic mass is 16.5. The number of benzene rings is 1. The van der Waals surface area contributed by atoms with Gasteiger partial charge in [0, 0.05) is 6.04 Å². The summed E-state index contributed by atoms with van der Waals surface area (Å²) in [4.78, 5) is 50.7. The maximum Gasteiger partial charge on any atom is 0.327 e. The number of hydrogen-bond acceptors (Lipinski definition) is 5. The molecule has 0 spiro atoms. The summed E-state index contributed by atoms with van der Waals surface area (Å²) in [6.45, 7) is 2.54. The van der Waals surface area contributed by atoms with Crippen LogP contribution in [0, 0.1) is 0 Å². The number of ether oxygens (including phenoxy) is 1. The molecule has 30 heavy (non-hydrogen) atoms. The third-order valence-corrected chi connectivity index (χ3v) is 5.79. The fourth-order valence-corrected chi connectivity index (χ4v) is 3.97. The van der Waals surface area contributed by atoms with Crippen LogP contribution in [0.3, 0.4) is 0 Å². The summed E-state index contributed by atoms with van der Waals surface area (Å²) in [5.74, 6) is -1.70. The minimum atomic E-state index is -1.25. The van der Waals surface area contributed by atoms with Crippen LogP contribution in [0.2, 0.25) is 0 Å². The molecule has 1 saturated carbocycles. The number of amides is 4. The molecule has 0 aromatic heterocycles. The first kappa shape index (κ1) is 21.8. The molecule has 2 fully saturated rings. The lowest BCUT2D eigenvalue weighted by Crippen LogP contribution is -2.44. The Hall–Kier alpha value is -2.90. The molecular weight excluding hydrogens is 386 g/mol. The van der Waals surface area contributed by atoms with E-state index in [1.807, 2.05) is 6.07 Å². The normalized spacial score (nSPS) is 23.5. The smallest absolute Gasteiger partial charge is 0.327 e. The first-order valence-corrected chi connectivity index (χ1v) is 10.5. The average Bonchev–Trinajstić information content (AvgIpc) is 2.91. The fourth-order valence-electron chi connectivity index (χ4n) is 3.97. The summed E-state index contributed by atoms with van der Waals surface area (Å²) in [6, 6.07) is 8.25. The molecule has 2 aliphatic rings. The van der Waals surface area contributed by atoms with Crippen molar-refractivity contribution in [3.8, 4) is 0 Å². The van der Waals surface area contributed by atoms with Gasteiger partial charge in [0.1, 0.15) is 12.1 Å². The molecule has 1 heterocycles. The van der Waals surface area contributed by atoms with Gasteiger partial charge in [0.2, 0.25) is 0 Å². The van der Waals surface area contributed by atoms with Gasteiger partial charge in [0.25, 0.3) is 11.8 Å². The molecule has 8 heteroatoms. The van der Waals surface area contributed by atoms with E-state index in [-0.39, 0.29) is 11.9 Å². The summed E-state index contributed by atoms with van der Waals surface area (Å²) in [7, 11) is 0. The van der Waals surface area contributed by atoms with Crippen molar-refractivity contribution in [2.45, 2.75) is 70.1 Å². The van der Waals surface area contributed by atoms with Gasteiger partial charge < -0.3 is 15.4 Å². The number of nitrogens with one attached hydrogen (secondary N) is 2. The van der Waals surface area contributed by atoms with Crippen molar-refractivity contribution in [2.24, 2.45) is 0 Å². The second-order valence-electron chi connectivity index (χ2n) is 8.14. The zero-order chi connectivity index (χ0) is 21.7. The number of hydrogen-bond donors (Lipinski definition) is 2. The van der Waals surface area contributed by atoms with Crippen LogP contribution in [-0.4, -0.2) is 47.4 Å². The number of esters is 1. The Morgan fingerprint density at radius 2 is 1.80 bits per heavy atom. The SMILES string of the molecule is C[C@H](OC(=O)CN1C(=O)N[C@@](C)(c2ccccc2)C1=O)C(=O)NC1CCCCCC1. The number of nitrogens with zero attached hydrogens (tertiary/aromatic N) is 1. The fraction of sp³-hybridized carbons (Fsp3) is 0.545. The molecule has 2 N–H and O–H groups in total. The Bertz CT molecular complexity index is 804. The second-order valence-corrected chi connectivity index (χ2v) is 8.14. The number of imide groups is 1. The Kier molecular flexibility index (Phi) is 6.74. The summed E-state index contributed by atoms with van der Waals surface area (Å²) in [5, 5.41) is 5.57. The summed E-state index contributed by atoms with van der Waals surface area (Å²) in [6.07, 6.45) is 5.34. The van der Waals surface area contributed by atoms with E-state index in [0.717, 1.165) is 30.6 Å². The lowest BCUT2D eigenvalue weighted by molar-refractivity contribution is -0.156. The molecule has 162 valence electrons. The van der Waals surface area contributed by atoms with Gasteiger partial charge in [-0.3, -0.25) is 19.3 Å². The van der Waals surface area contributed by atoms with E-state index >= 15 is 0 Å². The van der Waals surface area contributed by atoms with Crippen molar-refractivity contribution in [1.82, 2.24) is 15.5 Å². The third kappa shape index (κ3) is 4.80. The van der Waals surface area contributed by atoms with Gasteiger partial charge in [-0.25, -0.2) is 4.79 Å². The lowest BCUT2D eigenvalue weighted by atomic mass is 9.92. The lowest BCUT2D eigenvalue weighted by Gasteiger charge is -2.22. The standard InChI is InChI=1S/C22H29N3O5/c1-15(19(27)23-17-12-8-3-4-9-13-17)30-18(26)14-25-20(28)22(2,24-21(25)29)16-10-6-5-7-11-16/h5-7,10-11,15,17H,3-4,8-9,12-14H2,1-2H3,(H,23,27)(H,24,29)/t15-,22-/m0/s1. The molecule has 1 aliphatic carbocycles. The van der Waals surface area contributed by atoms with Gasteiger partial charge in [-0.05, 0) is 32.3 Å². The van der Waals surface area contributed by atoms with E-state index in [1.54, 1.807) is 31.2 Å². The molecule has 3 rings (SSSR count). The quantitative estimate of drug-likeness (QED) is 0.421. The van der Waals surface area contributed by atoms with Crippen molar-refractivity contribution >= 4 is 23.8 Å². The van der Waals surface area contributed by atoms with E-state index in [2.05, 4.69) is 10.6 Å². The van der Waals surface area contributed by atoms with Crippen molar-refractivity contribution in [3.63, 3.8) is 0 Å². The summed E-state index contributed by atoms with van der Waals surface area (Å²) in [5.41, 5.74) is -0.628. The van der Waals surface area contributed by atoms with Crippen LogP contribution in [0.25, 0.3) is 0 Å². The Morgan fingerprint density at radius 3 is 2.43 bits per heavy atom. The predicted molar refractivity (Wildman–Crippen MR) is 109 cm³/mol. The van der Waals surface area contributed by atoms with Gasteiger partial charge in [0.15, 0.2) is 6.10 Å². The van der Waals surface area contributed by atoms with Crippen LogP contribution in [0.15, 0.2) is 30.3 Å². The Labute approximate surface area is 176 Å². The van der Waals surface area contributed by atoms with E-state index < -0.39 is 36.1 Å². The van der Waals surface area contributed by atoms with E-state index in [4.69, 9.17) is 4.74 Å². The van der Waals surface area contributed by atoms with Crippen LogP contribution < -0.4 is 10.6 Å². The van der Waals surface area contributed by atoms with Gasteiger partial charge in [0.05, 0.1) is 0 Å². The molecule has 0 radical (unpaired) electrons. The number of carbonyl (C=O) groups is 4. The van der Waals surface area contributed by atoms with Crippen LogP contribution in [0.1, 0.15) is 57.9 Å². The van der Waals surface area contributed by atoms with E-state index in [0.29, 0.717) is 5.56 Å². The van der Waals surface area contributed by atoms with E-state index in [1.165, 1.54) is 19.8 Å². The molecule has 8 nitrogen and oxygen atoms in total. The van der Waals surface area contributed by atoms with Crippen molar-refractivity contribution in [1.29, 1.82) is 0 Å². The van der Waals surface area contributed by atoms with Gasteiger partial charge in [-0.2, -0.15) is 0 Å². The average molecular weight is 415 g/mol. The van der Waals surface area contributed by atoms with Crippen LogP contribution in [0.4, 0.5) is 4.79 Å². The highest BCUT2D eigenvalue weighted by molar-refractivity contribution is 6.08. The highest BCUT2D eigenvalue weighted by Gasteiger charge is 2.49. The first-order chi connectivity index (χ1) is 14.3. The summed E-state index contributed by atoms with van der Waals surface area (Å²) >= 11 is 0. The molecule has 1 saturated heterocycles. The number of urea groups is 1. The predicted octanol–water partition coefficient (Wildman–Crippen LogP) is 2.22. The zero-order valence-electron chi connectivity index (χ0n) is 17.5. The van der Waals surface area contributed by atoms with Gasteiger partial charge in [-0.15, -0.1) is 0 Å². The van der Waals surface area contributed by atoms with Crippen molar-refractivity contribution in [3.05, 3.63) is 35.9 Å². The first-order valence-electron chi connectivity index (χ1n) is 10.5. The maximum absolute atomic E-state index is 12.8. The zero-order valence-corrected chi connectivity index (χ0v) is 17.5. The Balaban J connectivity index is 1.55. The minimum Gasteiger partial charge on any atom is -0.451 e. The molecular formula is C22H29N3O5. The van der Waals surface area contributed by atoms with E-state index in [9.17, 15) is 19.2 Å².